The maximum absolute atomic E-state index is 15.3. The van der Waals surface area contributed by atoms with Crippen LogP contribution >= 0.6 is 11.6 Å². The molecule has 2 aromatic carbocycles. The third kappa shape index (κ3) is 4.26. The minimum atomic E-state index is -4.88. The highest BCUT2D eigenvalue weighted by molar-refractivity contribution is 6.32. The van der Waals surface area contributed by atoms with Crippen LogP contribution in [0, 0.1) is 11.6 Å². The maximum Gasteiger partial charge on any atom is 0.397 e. The summed E-state index contributed by atoms with van der Waals surface area (Å²) in [6.07, 6.45) is -4.88. The highest BCUT2D eigenvalue weighted by Gasteiger charge is 2.40. The summed E-state index contributed by atoms with van der Waals surface area (Å²) >= 11 is 6.00. The summed E-state index contributed by atoms with van der Waals surface area (Å²) in [7, 11) is 0. The summed E-state index contributed by atoms with van der Waals surface area (Å²) in [6.45, 7) is 2.16. The van der Waals surface area contributed by atoms with Crippen molar-refractivity contribution in [3.05, 3.63) is 79.3 Å². The lowest BCUT2D eigenvalue weighted by Gasteiger charge is -2.19. The Morgan fingerprint density at radius 2 is 1.76 bits per heavy atom. The molecule has 194 valence electrons. The molecule has 0 saturated heterocycles. The zero-order chi connectivity index (χ0) is 27.4. The molecule has 2 N–H and O–H groups in total. The number of fused-ring (bicyclic) bond motifs is 1. The molecule has 37 heavy (non-hydrogen) atoms. The Bertz CT molecular complexity index is 1670. The summed E-state index contributed by atoms with van der Waals surface area (Å²) < 4.78 is 72.8. The zero-order valence-electron chi connectivity index (χ0n) is 19.0. The van der Waals surface area contributed by atoms with Crippen molar-refractivity contribution < 1.29 is 26.7 Å². The van der Waals surface area contributed by atoms with Gasteiger partial charge in [-0.2, -0.15) is 27.6 Å². The zero-order valence-corrected chi connectivity index (χ0v) is 19.7. The number of aromatic nitrogens is 5. The number of rotatable bonds is 5. The van der Waals surface area contributed by atoms with Crippen LogP contribution in [-0.4, -0.2) is 36.2 Å². The molecule has 4 aromatic rings. The van der Waals surface area contributed by atoms with Crippen LogP contribution < -0.4 is 17.0 Å². The Hall–Kier alpha value is -4.07. The quantitative estimate of drug-likeness (QED) is 0.388. The van der Waals surface area contributed by atoms with Gasteiger partial charge in [0.15, 0.2) is 5.82 Å². The predicted molar refractivity (Wildman–Crippen MR) is 122 cm³/mol. The van der Waals surface area contributed by atoms with Crippen molar-refractivity contribution in [3.8, 4) is 11.4 Å². The third-order valence-electron chi connectivity index (χ3n) is 5.67. The smallest absolute Gasteiger partial charge is 0.363 e. The fourth-order valence-corrected chi connectivity index (χ4v) is 4.02. The Labute approximate surface area is 208 Å². The van der Waals surface area contributed by atoms with Gasteiger partial charge in [-0.15, -0.1) is 5.10 Å². The molecular formula is C22H16ClF5N6O3. The number of primary amides is 1. The minimum absolute atomic E-state index is 0.0711. The van der Waals surface area contributed by atoms with Gasteiger partial charge in [0.25, 0.3) is 11.5 Å². The van der Waals surface area contributed by atoms with Crippen LogP contribution in [0.2, 0.25) is 5.02 Å². The third-order valence-corrected chi connectivity index (χ3v) is 5.98. The average Bonchev–Trinajstić information content (AvgIpc) is 3.15. The molecular weight excluding hydrogens is 527 g/mol. The van der Waals surface area contributed by atoms with Gasteiger partial charge >= 0.3 is 11.9 Å². The number of benzene rings is 2. The van der Waals surface area contributed by atoms with Crippen molar-refractivity contribution >= 4 is 28.3 Å². The van der Waals surface area contributed by atoms with E-state index in [1.165, 1.54) is 19.1 Å². The number of carbonyl (C=O) groups excluding carboxylic acids is 1. The number of carbonyl (C=O) groups is 1. The van der Waals surface area contributed by atoms with Crippen LogP contribution in [-0.2, 0) is 6.54 Å². The lowest BCUT2D eigenvalue weighted by atomic mass is 10.00. The first-order valence-electron chi connectivity index (χ1n) is 10.6. The summed E-state index contributed by atoms with van der Waals surface area (Å²) in [4.78, 5) is 37.6. The minimum Gasteiger partial charge on any atom is -0.363 e. The number of hydrogen-bond acceptors (Lipinski definition) is 5. The second kappa shape index (κ2) is 9.10. The fourth-order valence-electron chi connectivity index (χ4n) is 3.77. The molecule has 0 radical (unpaired) electrons. The molecule has 0 aliphatic carbocycles. The topological polar surface area (TPSA) is 118 Å². The Balaban J connectivity index is 2.13. The fraction of sp³-hybridized carbons (Fsp3) is 0.227. The molecule has 0 saturated carbocycles. The van der Waals surface area contributed by atoms with E-state index in [1.807, 2.05) is 0 Å². The molecule has 15 heteroatoms. The lowest BCUT2D eigenvalue weighted by Crippen LogP contribution is -2.29. The van der Waals surface area contributed by atoms with Crippen LogP contribution in [0.15, 0.2) is 39.9 Å². The van der Waals surface area contributed by atoms with E-state index in [9.17, 15) is 31.9 Å². The van der Waals surface area contributed by atoms with Crippen molar-refractivity contribution in [1.82, 2.24) is 24.1 Å². The maximum atomic E-state index is 15.3. The molecule has 0 aliphatic heterocycles. The molecule has 9 nitrogen and oxygen atoms in total. The van der Waals surface area contributed by atoms with Crippen LogP contribution in [0.3, 0.4) is 0 Å². The van der Waals surface area contributed by atoms with Crippen LogP contribution in [0.4, 0.5) is 22.0 Å². The molecule has 1 atom stereocenters. The molecule has 1 amide bonds. The highest BCUT2D eigenvalue weighted by Crippen LogP contribution is 2.37. The van der Waals surface area contributed by atoms with Crippen molar-refractivity contribution in [1.29, 1.82) is 0 Å². The summed E-state index contributed by atoms with van der Waals surface area (Å²) in [6, 6.07) is 4.69. The van der Waals surface area contributed by atoms with E-state index in [1.54, 1.807) is 0 Å². The molecule has 0 aliphatic rings. The van der Waals surface area contributed by atoms with Gasteiger partial charge in [-0.1, -0.05) is 17.7 Å². The Morgan fingerprint density at radius 1 is 1.08 bits per heavy atom. The van der Waals surface area contributed by atoms with Gasteiger partial charge < -0.3 is 5.73 Å². The molecule has 2 heterocycles. The number of alkyl halides is 3. The summed E-state index contributed by atoms with van der Waals surface area (Å²) in [5.74, 6) is -6.24. The highest BCUT2D eigenvalue weighted by atomic mass is 35.5. The van der Waals surface area contributed by atoms with E-state index in [2.05, 4.69) is 10.2 Å². The molecule has 0 fully saturated rings. The molecule has 0 spiro atoms. The van der Waals surface area contributed by atoms with E-state index in [4.69, 9.17) is 17.3 Å². The van der Waals surface area contributed by atoms with E-state index >= 15 is 4.39 Å². The van der Waals surface area contributed by atoms with Crippen molar-refractivity contribution in [2.45, 2.75) is 32.5 Å². The second-order valence-corrected chi connectivity index (χ2v) is 8.32. The van der Waals surface area contributed by atoms with Gasteiger partial charge in [-0.25, -0.2) is 13.6 Å². The number of nitrogens with two attached hydrogens (primary N) is 1. The van der Waals surface area contributed by atoms with Crippen molar-refractivity contribution in [2.24, 2.45) is 5.73 Å². The van der Waals surface area contributed by atoms with Crippen LogP contribution in [0.5, 0.6) is 0 Å². The van der Waals surface area contributed by atoms with Gasteiger partial charge in [-0.05, 0) is 38.1 Å². The van der Waals surface area contributed by atoms with E-state index in [-0.39, 0.29) is 11.6 Å². The predicted octanol–water partition coefficient (Wildman–Crippen LogP) is 3.45. The first kappa shape index (κ1) is 26.0. The number of halogens is 6. The van der Waals surface area contributed by atoms with E-state index in [0.29, 0.717) is 15.4 Å². The first-order chi connectivity index (χ1) is 17.3. The summed E-state index contributed by atoms with van der Waals surface area (Å²) in [5, 5.41) is 6.07. The second-order valence-electron chi connectivity index (χ2n) is 7.91. The molecule has 1 unspecified atom stereocenters. The Morgan fingerprint density at radius 3 is 2.30 bits per heavy atom. The van der Waals surface area contributed by atoms with Crippen molar-refractivity contribution in [3.63, 3.8) is 0 Å². The number of para-hydroxylation sites is 1. The molecule has 2 aromatic heterocycles. The average molecular weight is 543 g/mol. The largest absolute Gasteiger partial charge is 0.397 e. The summed E-state index contributed by atoms with van der Waals surface area (Å²) in [5.41, 5.74) is 0.983. The standard InChI is InChI=1S/C22H16ClF5N6O3/c1-3-32-19(18(29)35)31-33(21(32)37)15-8-10-11(7-14(15)25)20(36)34(17-12(23)5-4-6-13(17)24)30-16(10)9(2)22(26,27)28/h4-9H,3H2,1-2H3,(H2,29,35). The van der Waals surface area contributed by atoms with Gasteiger partial charge in [-0.3, -0.25) is 14.2 Å². The van der Waals surface area contributed by atoms with Crippen LogP contribution in [0.1, 0.15) is 36.1 Å². The molecule has 4 rings (SSSR count). The first-order valence-corrected chi connectivity index (χ1v) is 10.9. The van der Waals surface area contributed by atoms with Gasteiger partial charge in [0.05, 0.1) is 22.0 Å². The van der Waals surface area contributed by atoms with Crippen molar-refractivity contribution in [2.75, 3.05) is 0 Å². The Kier molecular flexibility index (Phi) is 6.40. The van der Waals surface area contributed by atoms with E-state index < -0.39 is 74.6 Å². The van der Waals surface area contributed by atoms with E-state index in [0.717, 1.165) is 23.6 Å². The molecule has 0 bridgehead atoms. The van der Waals surface area contributed by atoms with Crippen LogP contribution in [0.25, 0.3) is 22.1 Å². The number of nitrogens with zero attached hydrogens (tertiary/aromatic N) is 5. The van der Waals surface area contributed by atoms with Gasteiger partial charge in [0, 0.05) is 11.9 Å². The number of amides is 1. The normalized spacial score (nSPS) is 12.8. The number of hydrogen-bond donors (Lipinski definition) is 1. The SMILES string of the molecule is CCn1c(C(N)=O)nn(-c2cc3c(C(C)C(F)(F)F)nn(-c4c(F)cccc4Cl)c(=O)c3cc2F)c1=O. The lowest BCUT2D eigenvalue weighted by molar-refractivity contribution is -0.147. The van der Waals surface area contributed by atoms with Gasteiger partial charge in [0.1, 0.15) is 17.2 Å². The van der Waals surface area contributed by atoms with Gasteiger partial charge in [0.2, 0.25) is 5.82 Å². The monoisotopic (exact) mass is 542 g/mol.